The van der Waals surface area contributed by atoms with Crippen LogP contribution < -0.4 is 0 Å². The summed E-state index contributed by atoms with van der Waals surface area (Å²) >= 11 is 5.78. The zero-order valence-electron chi connectivity index (χ0n) is 9.03. The summed E-state index contributed by atoms with van der Waals surface area (Å²) in [5, 5.41) is 0.687. The predicted octanol–water partition coefficient (Wildman–Crippen LogP) is 3.10. The van der Waals surface area contributed by atoms with Crippen molar-refractivity contribution in [3.8, 4) is 0 Å². The molecule has 1 aromatic carbocycles. The second-order valence-electron chi connectivity index (χ2n) is 3.31. The number of carbonyl (C=O) groups is 1. The average Bonchev–Trinajstić information content (AvgIpc) is 2.27. The fourth-order valence-electron chi connectivity index (χ4n) is 1.27. The van der Waals surface area contributed by atoms with Crippen LogP contribution >= 0.6 is 11.6 Å². The van der Waals surface area contributed by atoms with E-state index in [2.05, 4.69) is 4.74 Å². The number of rotatable bonds is 2. The highest BCUT2D eigenvalue weighted by atomic mass is 35.5. The lowest BCUT2D eigenvalue weighted by molar-refractivity contribution is 0.120. The highest BCUT2D eigenvalue weighted by Gasteiger charge is 2.17. The summed E-state index contributed by atoms with van der Waals surface area (Å²) in [6.45, 7) is 1.93. The van der Waals surface area contributed by atoms with Gasteiger partial charge < -0.3 is 9.64 Å². The molecule has 0 heterocycles. The Balaban J connectivity index is 2.80. The van der Waals surface area contributed by atoms with Crippen molar-refractivity contribution in [2.45, 2.75) is 13.0 Å². The van der Waals surface area contributed by atoms with Crippen molar-refractivity contribution in [3.05, 3.63) is 34.9 Å². The van der Waals surface area contributed by atoms with Crippen molar-refractivity contribution in [3.63, 3.8) is 0 Å². The molecule has 0 aromatic heterocycles. The standard InChI is InChI=1S/C11H14ClNO2/c1-8(13(2)11(14)15-3)9-4-6-10(12)7-5-9/h4-8H,1-3H3. The fraction of sp³-hybridized carbons (Fsp3) is 0.364. The van der Waals surface area contributed by atoms with E-state index in [0.29, 0.717) is 5.02 Å². The molecule has 1 atom stereocenters. The maximum atomic E-state index is 11.3. The Hall–Kier alpha value is -1.22. The molecule has 82 valence electrons. The molecule has 15 heavy (non-hydrogen) atoms. The van der Waals surface area contributed by atoms with Gasteiger partial charge in [0.2, 0.25) is 0 Å². The molecule has 1 rings (SSSR count). The zero-order valence-corrected chi connectivity index (χ0v) is 9.78. The van der Waals surface area contributed by atoms with Gasteiger partial charge in [0.05, 0.1) is 13.2 Å². The Labute approximate surface area is 94.6 Å². The number of ether oxygens (including phenoxy) is 1. The molecular formula is C11H14ClNO2. The van der Waals surface area contributed by atoms with Gasteiger partial charge in [0.15, 0.2) is 0 Å². The van der Waals surface area contributed by atoms with E-state index in [1.54, 1.807) is 19.2 Å². The van der Waals surface area contributed by atoms with Gasteiger partial charge in [0, 0.05) is 12.1 Å². The first-order valence-electron chi connectivity index (χ1n) is 4.62. The lowest BCUT2D eigenvalue weighted by atomic mass is 10.1. The molecule has 0 saturated heterocycles. The van der Waals surface area contributed by atoms with Crippen molar-refractivity contribution in [1.29, 1.82) is 0 Å². The number of halogens is 1. The number of carbonyl (C=O) groups excluding carboxylic acids is 1. The van der Waals surface area contributed by atoms with Crippen LogP contribution in [0.5, 0.6) is 0 Å². The normalized spacial score (nSPS) is 12.0. The number of benzene rings is 1. The molecule has 3 nitrogen and oxygen atoms in total. The summed E-state index contributed by atoms with van der Waals surface area (Å²) < 4.78 is 4.64. The van der Waals surface area contributed by atoms with Crippen LogP contribution in [0.4, 0.5) is 4.79 Å². The van der Waals surface area contributed by atoms with Gasteiger partial charge >= 0.3 is 6.09 Å². The highest BCUT2D eigenvalue weighted by molar-refractivity contribution is 6.30. The molecule has 0 fully saturated rings. The minimum atomic E-state index is -0.350. The monoisotopic (exact) mass is 227 g/mol. The number of hydrogen-bond donors (Lipinski definition) is 0. The molecule has 0 bridgehead atoms. The molecule has 0 aliphatic rings. The van der Waals surface area contributed by atoms with E-state index >= 15 is 0 Å². The smallest absolute Gasteiger partial charge is 0.409 e. The molecule has 0 aliphatic heterocycles. The molecule has 1 amide bonds. The molecular weight excluding hydrogens is 214 g/mol. The molecule has 0 radical (unpaired) electrons. The van der Waals surface area contributed by atoms with Crippen molar-refractivity contribution in [2.75, 3.05) is 14.2 Å². The molecule has 1 unspecified atom stereocenters. The van der Waals surface area contributed by atoms with E-state index in [1.807, 2.05) is 19.1 Å². The Morgan fingerprint density at radius 2 is 1.93 bits per heavy atom. The van der Waals surface area contributed by atoms with Gasteiger partial charge in [-0.15, -0.1) is 0 Å². The Morgan fingerprint density at radius 1 is 1.40 bits per heavy atom. The topological polar surface area (TPSA) is 29.5 Å². The van der Waals surface area contributed by atoms with Crippen molar-refractivity contribution < 1.29 is 9.53 Å². The van der Waals surface area contributed by atoms with Gasteiger partial charge in [0.1, 0.15) is 0 Å². The van der Waals surface area contributed by atoms with Crippen LogP contribution in [0.1, 0.15) is 18.5 Å². The summed E-state index contributed by atoms with van der Waals surface area (Å²) in [4.78, 5) is 12.8. The lowest BCUT2D eigenvalue weighted by Gasteiger charge is -2.23. The third kappa shape index (κ3) is 2.86. The maximum Gasteiger partial charge on any atom is 0.409 e. The number of amides is 1. The van der Waals surface area contributed by atoms with Crippen LogP contribution in [0.15, 0.2) is 24.3 Å². The van der Waals surface area contributed by atoms with Crippen LogP contribution in [0.3, 0.4) is 0 Å². The second kappa shape index (κ2) is 5.03. The molecule has 1 aromatic rings. The predicted molar refractivity (Wildman–Crippen MR) is 60.0 cm³/mol. The summed E-state index contributed by atoms with van der Waals surface area (Å²) in [5.74, 6) is 0. The quantitative estimate of drug-likeness (QED) is 0.777. The zero-order chi connectivity index (χ0) is 11.4. The first-order valence-corrected chi connectivity index (χ1v) is 5.00. The van der Waals surface area contributed by atoms with Crippen LogP contribution in [-0.4, -0.2) is 25.2 Å². The summed E-state index contributed by atoms with van der Waals surface area (Å²) in [6.07, 6.45) is -0.350. The molecule has 0 saturated carbocycles. The first-order chi connectivity index (χ1) is 7.06. The van der Waals surface area contributed by atoms with E-state index in [4.69, 9.17) is 11.6 Å². The van der Waals surface area contributed by atoms with Crippen LogP contribution in [0, 0.1) is 0 Å². The van der Waals surface area contributed by atoms with E-state index < -0.39 is 0 Å². The molecule has 0 spiro atoms. The van der Waals surface area contributed by atoms with Gasteiger partial charge in [-0.3, -0.25) is 0 Å². The van der Waals surface area contributed by atoms with Crippen molar-refractivity contribution in [1.82, 2.24) is 4.90 Å². The minimum absolute atomic E-state index is 0.0327. The highest BCUT2D eigenvalue weighted by Crippen LogP contribution is 2.20. The summed E-state index contributed by atoms with van der Waals surface area (Å²) in [7, 11) is 3.07. The SMILES string of the molecule is COC(=O)N(C)C(C)c1ccc(Cl)cc1. The van der Waals surface area contributed by atoms with E-state index in [1.165, 1.54) is 12.0 Å². The summed E-state index contributed by atoms with van der Waals surface area (Å²) in [6, 6.07) is 7.37. The van der Waals surface area contributed by atoms with Gasteiger partial charge in [-0.1, -0.05) is 23.7 Å². The van der Waals surface area contributed by atoms with E-state index in [-0.39, 0.29) is 12.1 Å². The van der Waals surface area contributed by atoms with Crippen LogP contribution in [-0.2, 0) is 4.74 Å². The number of methoxy groups -OCH3 is 1. The molecule has 4 heteroatoms. The molecule has 0 N–H and O–H groups in total. The van der Waals surface area contributed by atoms with E-state index in [0.717, 1.165) is 5.56 Å². The third-order valence-electron chi connectivity index (χ3n) is 2.40. The largest absolute Gasteiger partial charge is 0.453 e. The number of nitrogens with zero attached hydrogens (tertiary/aromatic N) is 1. The summed E-state index contributed by atoms with van der Waals surface area (Å²) in [5.41, 5.74) is 1.02. The lowest BCUT2D eigenvalue weighted by Crippen LogP contribution is -2.29. The number of hydrogen-bond acceptors (Lipinski definition) is 2. The average molecular weight is 228 g/mol. The Morgan fingerprint density at radius 3 is 2.40 bits per heavy atom. The second-order valence-corrected chi connectivity index (χ2v) is 3.74. The van der Waals surface area contributed by atoms with Crippen molar-refractivity contribution in [2.24, 2.45) is 0 Å². The van der Waals surface area contributed by atoms with Gasteiger partial charge in [-0.05, 0) is 24.6 Å². The van der Waals surface area contributed by atoms with E-state index in [9.17, 15) is 4.79 Å². The van der Waals surface area contributed by atoms with Gasteiger partial charge in [0.25, 0.3) is 0 Å². The van der Waals surface area contributed by atoms with Gasteiger partial charge in [-0.2, -0.15) is 0 Å². The minimum Gasteiger partial charge on any atom is -0.453 e. The Bertz CT molecular complexity index is 337. The maximum absolute atomic E-state index is 11.3. The first kappa shape index (κ1) is 11.9. The molecule has 0 aliphatic carbocycles. The van der Waals surface area contributed by atoms with Crippen LogP contribution in [0.2, 0.25) is 5.02 Å². The van der Waals surface area contributed by atoms with Crippen molar-refractivity contribution >= 4 is 17.7 Å². The fourth-order valence-corrected chi connectivity index (χ4v) is 1.39. The third-order valence-corrected chi connectivity index (χ3v) is 2.65. The van der Waals surface area contributed by atoms with Gasteiger partial charge in [-0.25, -0.2) is 4.79 Å². The van der Waals surface area contributed by atoms with Crippen LogP contribution in [0.25, 0.3) is 0 Å². The Kier molecular flexibility index (Phi) is 3.97.